The smallest absolute Gasteiger partial charge is 0.326 e. The minimum atomic E-state index is -1.53. The fourth-order valence-electron chi connectivity index (χ4n) is 1.43. The third kappa shape index (κ3) is 8.05. The van der Waals surface area contributed by atoms with Crippen molar-refractivity contribution in [1.29, 1.82) is 0 Å². The van der Waals surface area contributed by atoms with E-state index in [-0.39, 0.29) is 0 Å². The molecule has 4 amide bonds. The minimum Gasteiger partial charge on any atom is -0.480 e. The average molecular weight is 347 g/mol. The third-order valence-electron chi connectivity index (χ3n) is 2.69. The lowest BCUT2D eigenvalue weighted by molar-refractivity contribution is -0.143. The zero-order valence-electron chi connectivity index (χ0n) is 12.9. The highest BCUT2D eigenvalue weighted by molar-refractivity contribution is 5.93. The lowest BCUT2D eigenvalue weighted by Gasteiger charge is -2.18. The monoisotopic (exact) mass is 347 g/mol. The third-order valence-corrected chi connectivity index (χ3v) is 2.69. The number of carbonyl (C=O) groups excluding carboxylic acids is 4. The largest absolute Gasteiger partial charge is 0.480 e. The maximum atomic E-state index is 11.7. The molecule has 12 nitrogen and oxygen atoms in total. The first kappa shape index (κ1) is 21.3. The number of carboxylic acid groups (broad SMARTS) is 1. The van der Waals surface area contributed by atoms with E-state index in [2.05, 4.69) is 10.6 Å². The van der Waals surface area contributed by atoms with E-state index in [1.807, 2.05) is 5.32 Å². The highest BCUT2D eigenvalue weighted by Crippen LogP contribution is 1.92. The van der Waals surface area contributed by atoms with Gasteiger partial charge in [0.05, 0.1) is 25.6 Å². The summed E-state index contributed by atoms with van der Waals surface area (Å²) >= 11 is 0. The standard InChI is InChI=1S/C12H21N5O7/c1-5(13)10(21)17-7(4-18)11(22)15-3-9(20)16-6(12(23)24)2-8(14)19/h5-7,18H,2-4,13H2,1H3,(H2,14,19)(H,15,22)(H,16,20)(H,17,21)(H,23,24). The second-order valence-corrected chi connectivity index (χ2v) is 4.88. The van der Waals surface area contributed by atoms with Crippen molar-refractivity contribution in [3.05, 3.63) is 0 Å². The number of amides is 4. The minimum absolute atomic E-state index is 0.612. The number of carboxylic acids is 1. The van der Waals surface area contributed by atoms with Gasteiger partial charge in [0, 0.05) is 0 Å². The van der Waals surface area contributed by atoms with Gasteiger partial charge in [-0.25, -0.2) is 4.79 Å². The summed E-state index contributed by atoms with van der Waals surface area (Å²) in [7, 11) is 0. The Balaban J connectivity index is 4.50. The van der Waals surface area contributed by atoms with Gasteiger partial charge < -0.3 is 37.6 Å². The average Bonchev–Trinajstić information content (AvgIpc) is 2.48. The van der Waals surface area contributed by atoms with Crippen molar-refractivity contribution in [2.75, 3.05) is 13.2 Å². The van der Waals surface area contributed by atoms with E-state index in [1.165, 1.54) is 6.92 Å². The van der Waals surface area contributed by atoms with Crippen molar-refractivity contribution < 1.29 is 34.2 Å². The zero-order chi connectivity index (χ0) is 18.9. The van der Waals surface area contributed by atoms with E-state index >= 15 is 0 Å². The van der Waals surface area contributed by atoms with Gasteiger partial charge in [0.25, 0.3) is 0 Å². The van der Waals surface area contributed by atoms with E-state index in [0.29, 0.717) is 0 Å². The molecule has 0 aliphatic heterocycles. The summed E-state index contributed by atoms with van der Waals surface area (Å²) in [6, 6.07) is -3.75. The molecule has 3 unspecified atom stereocenters. The predicted octanol–water partition coefficient (Wildman–Crippen LogP) is -4.63. The zero-order valence-corrected chi connectivity index (χ0v) is 12.9. The molecule has 0 spiro atoms. The Labute approximate surface area is 136 Å². The highest BCUT2D eigenvalue weighted by atomic mass is 16.4. The van der Waals surface area contributed by atoms with Gasteiger partial charge in [0.2, 0.25) is 23.6 Å². The van der Waals surface area contributed by atoms with Gasteiger partial charge in [-0.2, -0.15) is 0 Å². The first-order valence-corrected chi connectivity index (χ1v) is 6.83. The van der Waals surface area contributed by atoms with Crippen LogP contribution in [0.3, 0.4) is 0 Å². The van der Waals surface area contributed by atoms with Crippen LogP contribution in [0, 0.1) is 0 Å². The predicted molar refractivity (Wildman–Crippen MR) is 79.1 cm³/mol. The molecule has 0 bridgehead atoms. The van der Waals surface area contributed by atoms with Crippen molar-refractivity contribution in [3.63, 3.8) is 0 Å². The Morgan fingerprint density at radius 1 is 1.04 bits per heavy atom. The molecule has 0 saturated heterocycles. The molecular weight excluding hydrogens is 326 g/mol. The van der Waals surface area contributed by atoms with E-state index in [0.717, 1.165) is 0 Å². The molecule has 0 aromatic carbocycles. The second kappa shape index (κ2) is 10.1. The molecule has 0 aliphatic carbocycles. The molecule has 136 valence electrons. The number of rotatable bonds is 10. The fraction of sp³-hybridized carbons (Fsp3) is 0.583. The number of nitrogens with two attached hydrogens (primary N) is 2. The fourth-order valence-corrected chi connectivity index (χ4v) is 1.43. The van der Waals surface area contributed by atoms with Crippen LogP contribution < -0.4 is 27.4 Å². The Morgan fingerprint density at radius 2 is 1.62 bits per heavy atom. The first-order valence-electron chi connectivity index (χ1n) is 6.83. The van der Waals surface area contributed by atoms with Crippen molar-refractivity contribution in [2.45, 2.75) is 31.5 Å². The summed E-state index contributed by atoms with van der Waals surface area (Å²) in [6.07, 6.45) is -0.612. The van der Waals surface area contributed by atoms with Gasteiger partial charge in [-0.3, -0.25) is 19.2 Å². The van der Waals surface area contributed by atoms with E-state index < -0.39 is 67.3 Å². The van der Waals surface area contributed by atoms with Crippen LogP contribution in [0.5, 0.6) is 0 Å². The number of primary amides is 1. The van der Waals surface area contributed by atoms with Crippen molar-refractivity contribution in [2.24, 2.45) is 11.5 Å². The summed E-state index contributed by atoms with van der Waals surface area (Å²) in [6.45, 7) is 0.0111. The molecule has 0 saturated carbocycles. The molecule has 24 heavy (non-hydrogen) atoms. The van der Waals surface area contributed by atoms with Crippen molar-refractivity contribution in [3.8, 4) is 0 Å². The van der Waals surface area contributed by atoms with Crippen LogP contribution >= 0.6 is 0 Å². The molecule has 12 heteroatoms. The van der Waals surface area contributed by atoms with Crippen LogP contribution in [0.25, 0.3) is 0 Å². The number of hydrogen-bond donors (Lipinski definition) is 7. The number of aliphatic carboxylic acids is 1. The van der Waals surface area contributed by atoms with Crippen LogP contribution in [0.2, 0.25) is 0 Å². The maximum Gasteiger partial charge on any atom is 0.326 e. The number of aliphatic hydroxyl groups excluding tert-OH is 1. The number of aliphatic hydroxyl groups is 1. The summed E-state index contributed by atoms with van der Waals surface area (Å²) in [5.74, 6) is -4.84. The van der Waals surface area contributed by atoms with E-state index in [9.17, 15) is 24.0 Å². The van der Waals surface area contributed by atoms with Gasteiger partial charge in [-0.1, -0.05) is 0 Å². The van der Waals surface area contributed by atoms with Crippen molar-refractivity contribution in [1.82, 2.24) is 16.0 Å². The Hall–Kier alpha value is -2.73. The van der Waals surface area contributed by atoms with E-state index in [1.54, 1.807) is 0 Å². The SMILES string of the molecule is CC(N)C(=O)NC(CO)C(=O)NCC(=O)NC(CC(N)=O)C(=O)O. The van der Waals surface area contributed by atoms with Crippen LogP contribution in [-0.2, 0) is 24.0 Å². The lowest BCUT2D eigenvalue weighted by atomic mass is 10.2. The molecule has 9 N–H and O–H groups in total. The number of carbonyl (C=O) groups is 5. The molecule has 0 heterocycles. The molecule has 0 rings (SSSR count). The lowest BCUT2D eigenvalue weighted by Crippen LogP contribution is -2.54. The van der Waals surface area contributed by atoms with Crippen LogP contribution in [0.15, 0.2) is 0 Å². The van der Waals surface area contributed by atoms with Gasteiger partial charge in [-0.05, 0) is 6.92 Å². The summed E-state index contributed by atoms with van der Waals surface area (Å²) < 4.78 is 0. The molecule has 3 atom stereocenters. The number of hydrogen-bond acceptors (Lipinski definition) is 7. The van der Waals surface area contributed by atoms with Gasteiger partial charge in [-0.15, -0.1) is 0 Å². The van der Waals surface area contributed by atoms with E-state index in [4.69, 9.17) is 21.7 Å². The molecule has 0 radical (unpaired) electrons. The molecular formula is C12H21N5O7. The quantitative estimate of drug-likeness (QED) is 0.203. The maximum absolute atomic E-state index is 11.7. The topological polar surface area (TPSA) is 214 Å². The highest BCUT2D eigenvalue weighted by Gasteiger charge is 2.24. The summed E-state index contributed by atoms with van der Waals surface area (Å²) in [4.78, 5) is 56.2. The van der Waals surface area contributed by atoms with Gasteiger partial charge >= 0.3 is 5.97 Å². The van der Waals surface area contributed by atoms with Gasteiger partial charge in [0.15, 0.2) is 0 Å². The number of nitrogens with one attached hydrogen (secondary N) is 3. The van der Waals surface area contributed by atoms with Crippen LogP contribution in [0.1, 0.15) is 13.3 Å². The first-order chi connectivity index (χ1) is 11.1. The summed E-state index contributed by atoms with van der Waals surface area (Å²) in [5, 5.41) is 24.1. The molecule has 0 aromatic heterocycles. The Bertz CT molecular complexity index is 508. The Kier molecular flexibility index (Phi) is 8.97. The van der Waals surface area contributed by atoms with Gasteiger partial charge in [0.1, 0.15) is 12.1 Å². The summed E-state index contributed by atoms with van der Waals surface area (Å²) in [5.41, 5.74) is 10.2. The second-order valence-electron chi connectivity index (χ2n) is 4.88. The molecule has 0 aromatic rings. The van der Waals surface area contributed by atoms with Crippen LogP contribution in [0.4, 0.5) is 0 Å². The normalized spacial score (nSPS) is 14.0. The van der Waals surface area contributed by atoms with Crippen molar-refractivity contribution >= 4 is 29.6 Å². The Morgan fingerprint density at radius 3 is 2.04 bits per heavy atom. The van der Waals surface area contributed by atoms with Crippen LogP contribution in [-0.4, -0.2) is 71.1 Å². The molecule has 0 fully saturated rings. The molecule has 0 aliphatic rings.